The number of nitrogens with zero attached hydrogens (tertiary/aromatic N) is 2. The van der Waals surface area contributed by atoms with Crippen molar-refractivity contribution < 1.29 is 9.72 Å². The van der Waals surface area contributed by atoms with Gasteiger partial charge < -0.3 is 5.32 Å². The Morgan fingerprint density at radius 3 is 2.70 bits per heavy atom. The number of carbonyl (C=O) groups is 1. The van der Waals surface area contributed by atoms with Gasteiger partial charge in [0.05, 0.1) is 16.0 Å². The van der Waals surface area contributed by atoms with E-state index in [2.05, 4.69) is 5.32 Å². The number of hydrogen-bond donors (Lipinski definition) is 1. The molecule has 0 fully saturated rings. The number of nitriles is 1. The van der Waals surface area contributed by atoms with Crippen LogP contribution in [0.4, 0.5) is 5.69 Å². The second kappa shape index (κ2) is 7.08. The molecule has 106 valence electrons. The number of nitro groups is 1. The second-order valence-electron chi connectivity index (χ2n) is 3.99. The topological polar surface area (TPSA) is 96.0 Å². The van der Waals surface area contributed by atoms with Gasteiger partial charge in [-0.05, 0) is 12.5 Å². The van der Waals surface area contributed by atoms with Crippen LogP contribution in [0.25, 0.3) is 0 Å². The Balaban J connectivity index is 3.05. The zero-order chi connectivity index (χ0) is 15.3. The Morgan fingerprint density at radius 1 is 1.55 bits per heavy atom. The van der Waals surface area contributed by atoms with Crippen LogP contribution in [-0.4, -0.2) is 16.9 Å². The minimum Gasteiger partial charge on any atom is -0.336 e. The highest BCUT2D eigenvalue weighted by molar-refractivity contribution is 6.43. The highest BCUT2D eigenvalue weighted by Gasteiger charge is 2.21. The average molecular weight is 316 g/mol. The normalized spacial score (nSPS) is 11.5. The standard InChI is InChI=1S/C12H11Cl2N3O3/c1-2-3-8(6-15)16-12(18)7-4-9(13)11(14)10(5-7)17(19)20/h4-5,8H,2-3H2,1H3,(H,16,18). The first kappa shape index (κ1) is 16.2. The van der Waals surface area contributed by atoms with Crippen molar-refractivity contribution in [3.8, 4) is 6.07 Å². The van der Waals surface area contributed by atoms with Gasteiger partial charge in [0.2, 0.25) is 0 Å². The second-order valence-corrected chi connectivity index (χ2v) is 4.78. The van der Waals surface area contributed by atoms with Crippen molar-refractivity contribution in [3.05, 3.63) is 37.9 Å². The first-order valence-electron chi connectivity index (χ1n) is 5.74. The Kier molecular flexibility index (Phi) is 5.74. The molecule has 0 aromatic heterocycles. The minimum absolute atomic E-state index is 0.0116. The SMILES string of the molecule is CCCC(C#N)NC(=O)c1cc(Cl)c(Cl)c([N+](=O)[O-])c1. The lowest BCUT2D eigenvalue weighted by Crippen LogP contribution is -2.33. The number of amides is 1. The van der Waals surface area contributed by atoms with E-state index in [1.54, 1.807) is 0 Å². The molecule has 1 rings (SSSR count). The lowest BCUT2D eigenvalue weighted by Gasteiger charge is -2.11. The molecule has 0 aliphatic carbocycles. The van der Waals surface area contributed by atoms with Crippen molar-refractivity contribution in [1.29, 1.82) is 5.26 Å². The Bertz CT molecular complexity index is 584. The summed E-state index contributed by atoms with van der Waals surface area (Å²) in [6.45, 7) is 1.88. The van der Waals surface area contributed by atoms with Crippen LogP contribution in [0.1, 0.15) is 30.1 Å². The first-order chi connectivity index (χ1) is 9.40. The van der Waals surface area contributed by atoms with Crippen LogP contribution in [0, 0.1) is 21.4 Å². The minimum atomic E-state index is -0.723. The summed E-state index contributed by atoms with van der Waals surface area (Å²) in [4.78, 5) is 22.0. The third kappa shape index (κ3) is 3.83. The number of carbonyl (C=O) groups excluding carboxylic acids is 1. The van der Waals surface area contributed by atoms with E-state index >= 15 is 0 Å². The summed E-state index contributed by atoms with van der Waals surface area (Å²) < 4.78 is 0. The van der Waals surface area contributed by atoms with Crippen molar-refractivity contribution in [2.75, 3.05) is 0 Å². The molecule has 1 aromatic rings. The van der Waals surface area contributed by atoms with Crippen molar-refractivity contribution in [2.45, 2.75) is 25.8 Å². The van der Waals surface area contributed by atoms with Crippen LogP contribution < -0.4 is 5.32 Å². The fraction of sp³-hybridized carbons (Fsp3) is 0.333. The van der Waals surface area contributed by atoms with Gasteiger partial charge in [0, 0.05) is 11.6 Å². The van der Waals surface area contributed by atoms with Gasteiger partial charge in [-0.3, -0.25) is 14.9 Å². The molecular weight excluding hydrogens is 305 g/mol. The number of rotatable bonds is 5. The molecular formula is C12H11Cl2N3O3. The molecule has 1 amide bonds. The molecule has 0 spiro atoms. The maximum atomic E-state index is 11.9. The fourth-order valence-corrected chi connectivity index (χ4v) is 1.93. The maximum Gasteiger partial charge on any atom is 0.290 e. The molecule has 1 atom stereocenters. The summed E-state index contributed by atoms with van der Waals surface area (Å²) in [5, 5.41) is 21.8. The molecule has 20 heavy (non-hydrogen) atoms. The van der Waals surface area contributed by atoms with E-state index in [-0.39, 0.29) is 15.6 Å². The Hall–Kier alpha value is -1.84. The number of hydrogen-bond acceptors (Lipinski definition) is 4. The van der Waals surface area contributed by atoms with Crippen molar-refractivity contribution in [3.63, 3.8) is 0 Å². The van der Waals surface area contributed by atoms with Gasteiger partial charge in [-0.15, -0.1) is 0 Å². The van der Waals surface area contributed by atoms with Crippen molar-refractivity contribution >= 4 is 34.8 Å². The van der Waals surface area contributed by atoms with Crippen molar-refractivity contribution in [1.82, 2.24) is 5.32 Å². The molecule has 0 bridgehead atoms. The summed E-state index contributed by atoms with van der Waals surface area (Å²) in [5.74, 6) is -0.605. The summed E-state index contributed by atoms with van der Waals surface area (Å²) in [5.41, 5.74) is -0.462. The molecule has 0 aliphatic heterocycles. The van der Waals surface area contributed by atoms with Crippen LogP contribution in [0.15, 0.2) is 12.1 Å². The van der Waals surface area contributed by atoms with Crippen LogP contribution in [0.2, 0.25) is 10.0 Å². The van der Waals surface area contributed by atoms with Gasteiger partial charge in [0.25, 0.3) is 11.6 Å². The molecule has 0 radical (unpaired) electrons. The van der Waals surface area contributed by atoms with Crippen LogP contribution in [0.3, 0.4) is 0 Å². The highest BCUT2D eigenvalue weighted by atomic mass is 35.5. The smallest absolute Gasteiger partial charge is 0.290 e. The Labute approximate surface area is 125 Å². The quantitative estimate of drug-likeness (QED) is 0.665. The lowest BCUT2D eigenvalue weighted by atomic mass is 10.1. The predicted molar refractivity (Wildman–Crippen MR) is 74.9 cm³/mol. The van der Waals surface area contributed by atoms with Crippen LogP contribution in [-0.2, 0) is 0 Å². The third-order valence-corrected chi connectivity index (χ3v) is 3.30. The van der Waals surface area contributed by atoms with Crippen LogP contribution >= 0.6 is 23.2 Å². The Morgan fingerprint density at radius 2 is 2.20 bits per heavy atom. The van der Waals surface area contributed by atoms with Crippen LogP contribution in [0.5, 0.6) is 0 Å². The van der Waals surface area contributed by atoms with E-state index in [1.807, 2.05) is 13.0 Å². The molecule has 0 heterocycles. The molecule has 8 heteroatoms. The number of benzene rings is 1. The average Bonchev–Trinajstić information content (AvgIpc) is 2.40. The molecule has 6 nitrogen and oxygen atoms in total. The molecule has 0 saturated heterocycles. The van der Waals surface area contributed by atoms with E-state index in [0.29, 0.717) is 6.42 Å². The highest BCUT2D eigenvalue weighted by Crippen LogP contribution is 2.33. The fourth-order valence-electron chi connectivity index (χ4n) is 1.54. The van der Waals surface area contributed by atoms with E-state index < -0.39 is 22.6 Å². The van der Waals surface area contributed by atoms with Gasteiger partial charge >= 0.3 is 0 Å². The summed E-state index contributed by atoms with van der Waals surface area (Å²) >= 11 is 11.4. The van der Waals surface area contributed by atoms with E-state index in [0.717, 1.165) is 12.5 Å². The maximum absolute atomic E-state index is 11.9. The number of nitro benzene ring substituents is 1. The summed E-state index contributed by atoms with van der Waals surface area (Å²) in [6.07, 6.45) is 1.21. The van der Waals surface area contributed by atoms with Gasteiger partial charge in [0.15, 0.2) is 0 Å². The molecule has 1 N–H and O–H groups in total. The van der Waals surface area contributed by atoms with Crippen molar-refractivity contribution in [2.24, 2.45) is 0 Å². The van der Waals surface area contributed by atoms with Gasteiger partial charge in [-0.1, -0.05) is 36.5 Å². The summed E-state index contributed by atoms with van der Waals surface area (Å²) in [6, 6.07) is 3.55. The third-order valence-electron chi connectivity index (χ3n) is 2.51. The first-order valence-corrected chi connectivity index (χ1v) is 6.50. The molecule has 1 aromatic carbocycles. The van der Waals surface area contributed by atoms with E-state index in [9.17, 15) is 14.9 Å². The van der Waals surface area contributed by atoms with Gasteiger partial charge in [-0.2, -0.15) is 5.26 Å². The number of halogens is 2. The van der Waals surface area contributed by atoms with Gasteiger partial charge in [-0.25, -0.2) is 0 Å². The molecule has 0 aliphatic rings. The van der Waals surface area contributed by atoms with E-state index in [4.69, 9.17) is 28.5 Å². The number of nitrogens with one attached hydrogen (secondary N) is 1. The lowest BCUT2D eigenvalue weighted by molar-refractivity contribution is -0.384. The van der Waals surface area contributed by atoms with Gasteiger partial charge in [0.1, 0.15) is 11.1 Å². The summed E-state index contributed by atoms with van der Waals surface area (Å²) in [7, 11) is 0. The molecule has 1 unspecified atom stereocenters. The predicted octanol–water partition coefficient (Wildman–Crippen LogP) is 3.32. The molecule has 0 saturated carbocycles. The zero-order valence-corrected chi connectivity index (χ0v) is 12.0. The zero-order valence-electron chi connectivity index (χ0n) is 10.5. The monoisotopic (exact) mass is 315 g/mol. The largest absolute Gasteiger partial charge is 0.336 e. The van der Waals surface area contributed by atoms with E-state index in [1.165, 1.54) is 6.07 Å².